The van der Waals surface area contributed by atoms with E-state index >= 15 is 0 Å². The van der Waals surface area contributed by atoms with Crippen molar-refractivity contribution in [2.75, 3.05) is 0 Å². The molecule has 39 heavy (non-hydrogen) atoms. The van der Waals surface area contributed by atoms with Crippen LogP contribution in [0.3, 0.4) is 0 Å². The Morgan fingerprint density at radius 2 is 0.923 bits per heavy atom. The summed E-state index contributed by atoms with van der Waals surface area (Å²) in [7, 11) is -6.45. The van der Waals surface area contributed by atoms with Crippen LogP contribution in [0.15, 0.2) is 45.8 Å². The van der Waals surface area contributed by atoms with Crippen molar-refractivity contribution in [3.63, 3.8) is 0 Å². The molecule has 0 saturated carbocycles. The van der Waals surface area contributed by atoms with Gasteiger partial charge in [-0.15, -0.1) is 0 Å². The third kappa shape index (κ3) is 10.1. The molecule has 0 saturated heterocycles. The lowest BCUT2D eigenvalue weighted by Gasteiger charge is -2.30. The molecule has 2 unspecified atom stereocenters. The maximum atomic E-state index is 6.48. The Balaban J connectivity index is 0.000000391. The summed E-state index contributed by atoms with van der Waals surface area (Å²) in [4.78, 5) is 0. The quantitative estimate of drug-likeness (QED) is 0.206. The van der Waals surface area contributed by atoms with Gasteiger partial charge in [-0.1, -0.05) is 53.2 Å². The number of rotatable bonds is 12. The molecule has 0 aromatic heterocycles. The zero-order valence-electron chi connectivity index (χ0n) is 28.7. The lowest BCUT2D eigenvalue weighted by Crippen LogP contribution is -2.32. The maximum absolute atomic E-state index is 6.48. The van der Waals surface area contributed by atoms with Crippen molar-refractivity contribution < 1.29 is 17.7 Å². The third-order valence-corrected chi connectivity index (χ3v) is 18.5. The first-order chi connectivity index (χ1) is 17.7. The van der Waals surface area contributed by atoms with Gasteiger partial charge in [-0.2, -0.15) is 0 Å². The average Bonchev–Trinajstić information content (AvgIpc) is 3.20. The average molecular weight is 611 g/mol. The van der Waals surface area contributed by atoms with Crippen LogP contribution in [0.4, 0.5) is 0 Å². The second kappa shape index (κ2) is 13.8. The summed E-state index contributed by atoms with van der Waals surface area (Å²) in [6.07, 6.45) is 2.27. The minimum Gasteiger partial charge on any atom is -0.544 e. The molecular weight excluding hydrogens is 549 g/mol. The standard InChI is InChI=1S/C16H32O2Si2.C15H30O2Si2/c1-10-19(6,7)17-15-13(4)12(3)14(5)16(15)18-20(8,9)11-2;1-9-18(5,6)16-14-12(3)11-13(4)15(14)17-19(7,8)10-2/h13H,10-11H2,1-9H3;11-12H,9-10H2,1-8H3. The highest BCUT2D eigenvalue weighted by atomic mass is 28.4. The van der Waals surface area contributed by atoms with Crippen molar-refractivity contribution in [1.82, 2.24) is 0 Å². The molecule has 0 aromatic rings. The smallest absolute Gasteiger partial charge is 0.245 e. The molecule has 2 atom stereocenters. The van der Waals surface area contributed by atoms with Gasteiger partial charge in [0, 0.05) is 11.8 Å². The normalized spacial score (nSPS) is 20.7. The Labute approximate surface area is 246 Å². The molecule has 2 aliphatic carbocycles. The molecule has 0 heterocycles. The van der Waals surface area contributed by atoms with Crippen LogP contribution in [0.5, 0.6) is 0 Å². The van der Waals surface area contributed by atoms with Crippen molar-refractivity contribution in [3.05, 3.63) is 45.8 Å². The Morgan fingerprint density at radius 1 is 0.564 bits per heavy atom. The predicted octanol–water partition coefficient (Wildman–Crippen LogP) is 10.9. The van der Waals surface area contributed by atoms with Crippen LogP contribution in [-0.2, 0) is 17.7 Å². The summed E-state index contributed by atoms with van der Waals surface area (Å²) in [6, 6.07) is 4.51. The van der Waals surface area contributed by atoms with E-state index in [0.29, 0.717) is 11.8 Å². The lowest BCUT2D eigenvalue weighted by molar-refractivity contribution is 0.323. The van der Waals surface area contributed by atoms with Crippen molar-refractivity contribution in [2.45, 2.75) is 139 Å². The fourth-order valence-electron chi connectivity index (χ4n) is 3.98. The molecule has 4 nitrogen and oxygen atoms in total. The van der Waals surface area contributed by atoms with E-state index in [2.05, 4.69) is 121 Å². The zero-order chi connectivity index (χ0) is 30.6. The van der Waals surface area contributed by atoms with Crippen LogP contribution in [0.25, 0.3) is 0 Å². The molecule has 0 bridgehead atoms. The van der Waals surface area contributed by atoms with Gasteiger partial charge < -0.3 is 17.7 Å². The Morgan fingerprint density at radius 3 is 1.33 bits per heavy atom. The largest absolute Gasteiger partial charge is 0.544 e. The molecule has 8 heteroatoms. The fourth-order valence-corrected chi connectivity index (χ4v) is 7.91. The van der Waals surface area contributed by atoms with Crippen molar-refractivity contribution in [2.24, 2.45) is 11.8 Å². The topological polar surface area (TPSA) is 36.9 Å². The first-order valence-electron chi connectivity index (χ1n) is 15.3. The van der Waals surface area contributed by atoms with Crippen molar-refractivity contribution in [3.8, 4) is 0 Å². The summed E-state index contributed by atoms with van der Waals surface area (Å²) >= 11 is 0. The monoisotopic (exact) mass is 610 g/mol. The van der Waals surface area contributed by atoms with E-state index in [9.17, 15) is 0 Å². The number of allylic oxidation sites excluding steroid dienone is 4. The van der Waals surface area contributed by atoms with Gasteiger partial charge in [0.25, 0.3) is 0 Å². The highest BCUT2D eigenvalue weighted by Crippen LogP contribution is 2.41. The van der Waals surface area contributed by atoms with Gasteiger partial charge in [0.1, 0.15) is 23.0 Å². The second-order valence-electron chi connectivity index (χ2n) is 13.9. The van der Waals surface area contributed by atoms with E-state index in [0.717, 1.165) is 47.2 Å². The summed E-state index contributed by atoms with van der Waals surface area (Å²) in [6.45, 7) is 38.1. The van der Waals surface area contributed by atoms with Gasteiger partial charge in [-0.25, -0.2) is 0 Å². The van der Waals surface area contributed by atoms with Crippen molar-refractivity contribution in [1.29, 1.82) is 0 Å². The first kappa shape index (κ1) is 36.1. The van der Waals surface area contributed by atoms with E-state index in [1.807, 2.05) is 0 Å². The molecule has 0 N–H and O–H groups in total. The van der Waals surface area contributed by atoms with E-state index in [1.54, 1.807) is 0 Å². The number of hydrogen-bond donors (Lipinski definition) is 0. The first-order valence-corrected chi connectivity index (χ1v) is 27.7. The maximum Gasteiger partial charge on any atom is 0.245 e. The molecule has 0 fully saturated rings. The van der Waals surface area contributed by atoms with Crippen LogP contribution in [0, 0.1) is 11.8 Å². The Hall–Kier alpha value is -0.972. The molecule has 0 amide bonds. The van der Waals surface area contributed by atoms with Gasteiger partial charge in [0.05, 0.1) is 0 Å². The molecule has 226 valence electrons. The van der Waals surface area contributed by atoms with E-state index in [4.69, 9.17) is 17.7 Å². The summed E-state index contributed by atoms with van der Waals surface area (Å²) in [5, 5.41) is 0. The number of hydrogen-bond acceptors (Lipinski definition) is 4. The molecule has 2 rings (SSSR count). The molecule has 0 aromatic carbocycles. The zero-order valence-corrected chi connectivity index (χ0v) is 32.7. The van der Waals surface area contributed by atoms with Crippen molar-refractivity contribution >= 4 is 33.3 Å². The SMILES string of the molecule is CC[Si](C)(C)OC1=C(O[Si](C)(C)CC)C(C)C(C)=C1C.CC[Si](C)(C)OC1=C(O[Si](C)(C)CC)C(C)C=C1C. The summed E-state index contributed by atoms with van der Waals surface area (Å²) in [5.74, 6) is 5.01. The predicted molar refractivity (Wildman–Crippen MR) is 181 cm³/mol. The second-order valence-corrected chi connectivity index (χ2v) is 31.6. The van der Waals surface area contributed by atoms with Gasteiger partial charge >= 0.3 is 0 Å². The van der Waals surface area contributed by atoms with Gasteiger partial charge in [0.15, 0.2) is 0 Å². The van der Waals surface area contributed by atoms with Crippen LogP contribution < -0.4 is 0 Å². The lowest BCUT2D eigenvalue weighted by atomic mass is 10.0. The Kier molecular flexibility index (Phi) is 12.8. The van der Waals surface area contributed by atoms with Crippen LogP contribution in [0.2, 0.25) is 76.6 Å². The van der Waals surface area contributed by atoms with E-state index in [1.165, 1.54) is 16.7 Å². The molecular formula is C31H62O4Si4. The summed E-state index contributed by atoms with van der Waals surface area (Å²) in [5.41, 5.74) is 3.94. The Bertz CT molecular complexity index is 987. The minimum absolute atomic E-state index is 0.356. The molecule has 0 aliphatic heterocycles. The van der Waals surface area contributed by atoms with E-state index < -0.39 is 33.3 Å². The third-order valence-electron chi connectivity index (χ3n) is 8.63. The van der Waals surface area contributed by atoms with Crippen LogP contribution >= 0.6 is 0 Å². The van der Waals surface area contributed by atoms with Gasteiger partial charge in [0.2, 0.25) is 33.3 Å². The van der Waals surface area contributed by atoms with Gasteiger partial charge in [-0.05, 0) is 108 Å². The van der Waals surface area contributed by atoms with E-state index in [-0.39, 0.29) is 0 Å². The molecule has 0 radical (unpaired) electrons. The van der Waals surface area contributed by atoms with Crippen LogP contribution in [-0.4, -0.2) is 33.3 Å². The fraction of sp³-hybridized carbons (Fsp3) is 0.742. The summed E-state index contributed by atoms with van der Waals surface area (Å²) < 4.78 is 25.7. The molecule has 0 spiro atoms. The minimum atomic E-state index is -1.63. The van der Waals surface area contributed by atoms with Crippen LogP contribution in [0.1, 0.15) is 62.3 Å². The molecule has 2 aliphatic rings. The highest BCUT2D eigenvalue weighted by Gasteiger charge is 2.37. The highest BCUT2D eigenvalue weighted by molar-refractivity contribution is 6.72. The van der Waals surface area contributed by atoms with Gasteiger partial charge in [-0.3, -0.25) is 0 Å².